The van der Waals surface area contributed by atoms with Gasteiger partial charge in [0.25, 0.3) is 5.56 Å². The fourth-order valence-corrected chi connectivity index (χ4v) is 6.18. The van der Waals surface area contributed by atoms with E-state index in [0.717, 1.165) is 10.6 Å². The monoisotopic (exact) mass is 625 g/mol. The highest BCUT2D eigenvalue weighted by Gasteiger charge is 2.50. The molecule has 5 rings (SSSR count). The van der Waals surface area contributed by atoms with E-state index in [-0.39, 0.29) is 25.5 Å². The fourth-order valence-electron chi connectivity index (χ4n) is 4.69. The molecule has 0 aliphatic carbocycles. The van der Waals surface area contributed by atoms with Crippen molar-refractivity contribution in [2.45, 2.75) is 56.3 Å². The molecule has 0 aromatic carbocycles. The van der Waals surface area contributed by atoms with E-state index >= 15 is 0 Å². The number of H-pyrrole nitrogens is 1. The summed E-state index contributed by atoms with van der Waals surface area (Å²) in [6.45, 7) is -3.72. The Morgan fingerprint density at radius 3 is 2.79 bits per heavy atom. The first kappa shape index (κ1) is 30.4. The number of fused-ring (bicyclic) bond motifs is 1. The van der Waals surface area contributed by atoms with Crippen molar-refractivity contribution < 1.29 is 38.0 Å². The second-order valence-corrected chi connectivity index (χ2v) is 12.2. The zero-order valence-electron chi connectivity index (χ0n) is 22.0. The third-order valence-electron chi connectivity index (χ3n) is 6.67. The van der Waals surface area contributed by atoms with Crippen LogP contribution in [-0.4, -0.2) is 89.6 Å². The van der Waals surface area contributed by atoms with Gasteiger partial charge in [-0.3, -0.25) is 28.0 Å². The van der Waals surface area contributed by atoms with Gasteiger partial charge < -0.3 is 30.2 Å². The zero-order chi connectivity index (χ0) is 30.0. The Hall–Kier alpha value is -3.11. The van der Waals surface area contributed by atoms with Crippen LogP contribution in [0.5, 0.6) is 0 Å². The standard InChI is InChI=1S/C23H28N7O10PS/c1-2-3-6-36-19-18(13(8-31)39-22(19)29-5-4-15(33)28-23(29)34)40-41(35,42)37-9-14-12(32)7-16(38-14)30-11-27-17-20(24)25-10-26-21(17)30/h4-5,10-14,16,18-19,22,31-32H,6-9H2,1H3,(H,35,42)(H2,24,25,26)(H,28,33,34)/t12?,13-,14-,16-,18?,19?,22-,41?/m1/s1. The summed E-state index contributed by atoms with van der Waals surface area (Å²) < 4.78 is 44.7. The Labute approximate surface area is 242 Å². The van der Waals surface area contributed by atoms with E-state index in [1.807, 2.05) is 0 Å². The molecule has 3 aromatic heterocycles. The minimum absolute atomic E-state index is 0.113. The zero-order valence-corrected chi connectivity index (χ0v) is 23.8. The van der Waals surface area contributed by atoms with Gasteiger partial charge in [0.2, 0.25) is 0 Å². The van der Waals surface area contributed by atoms with E-state index in [0.29, 0.717) is 11.2 Å². The molecule has 8 atom stereocenters. The van der Waals surface area contributed by atoms with E-state index < -0.39 is 67.6 Å². The second-order valence-electron chi connectivity index (χ2n) is 9.32. The number of anilines is 1. The molecule has 3 aromatic rings. The Bertz CT molecular complexity index is 1650. The van der Waals surface area contributed by atoms with Crippen molar-refractivity contribution in [1.82, 2.24) is 29.1 Å². The van der Waals surface area contributed by atoms with E-state index in [1.165, 1.54) is 18.9 Å². The molecule has 42 heavy (non-hydrogen) atoms. The summed E-state index contributed by atoms with van der Waals surface area (Å²) in [7, 11) is 0. The third-order valence-corrected chi connectivity index (χ3v) is 8.29. The minimum Gasteiger partial charge on any atom is -0.394 e. The highest BCUT2D eigenvalue weighted by Crippen LogP contribution is 2.56. The van der Waals surface area contributed by atoms with E-state index in [4.69, 9.17) is 29.0 Å². The van der Waals surface area contributed by atoms with Crippen molar-refractivity contribution in [3.8, 4) is 11.8 Å². The van der Waals surface area contributed by atoms with Gasteiger partial charge in [0.05, 0.1) is 25.6 Å². The minimum atomic E-state index is -4.22. The van der Waals surface area contributed by atoms with E-state index in [2.05, 4.69) is 44.0 Å². The summed E-state index contributed by atoms with van der Waals surface area (Å²) in [5.74, 6) is 5.56. The number of nitrogen functional groups attached to an aromatic ring is 1. The van der Waals surface area contributed by atoms with Gasteiger partial charge in [-0.05, 0) is 6.92 Å². The van der Waals surface area contributed by atoms with Crippen molar-refractivity contribution >= 4 is 36.0 Å². The molecule has 0 spiro atoms. The highest BCUT2D eigenvalue weighted by atomic mass is 32.7. The first-order valence-corrected chi connectivity index (χ1v) is 15.3. The van der Waals surface area contributed by atoms with E-state index in [9.17, 15) is 24.4 Å². The van der Waals surface area contributed by atoms with Crippen LogP contribution in [0.4, 0.5) is 5.82 Å². The van der Waals surface area contributed by atoms with Gasteiger partial charge in [0, 0.05) is 18.7 Å². The molecule has 2 aliphatic rings. The summed E-state index contributed by atoms with van der Waals surface area (Å²) in [6, 6.07) is 1.11. The lowest BCUT2D eigenvalue weighted by Crippen LogP contribution is -2.40. The van der Waals surface area contributed by atoms with Crippen LogP contribution >= 0.6 is 19.0 Å². The molecule has 2 aliphatic heterocycles. The summed E-state index contributed by atoms with van der Waals surface area (Å²) >= 11 is 4.08. The van der Waals surface area contributed by atoms with Gasteiger partial charge in [-0.1, -0.05) is 18.2 Å². The SMILES string of the molecule is CC#CCOC1C(OP(=O)(S)OC[C@H]2O[C@@H](n3cnc4c(N)ncnc43)CC2O)[C@@H](CO)O[C@H]1n1ccc(=O)[nH]c1=O. The molecular formula is C23H28N7O10PS. The maximum atomic E-state index is 13.3. The van der Waals surface area contributed by atoms with Gasteiger partial charge in [-0.15, -0.1) is 5.92 Å². The van der Waals surface area contributed by atoms with Crippen molar-refractivity contribution in [2.75, 3.05) is 25.6 Å². The second kappa shape index (κ2) is 12.6. The molecule has 0 saturated carbocycles. The van der Waals surface area contributed by atoms with Gasteiger partial charge in [-0.2, -0.15) is 0 Å². The summed E-state index contributed by atoms with van der Waals surface area (Å²) in [5, 5.41) is 20.6. The van der Waals surface area contributed by atoms with Crippen LogP contribution in [0.2, 0.25) is 0 Å². The maximum absolute atomic E-state index is 13.3. The predicted molar refractivity (Wildman–Crippen MR) is 147 cm³/mol. The molecule has 0 amide bonds. The van der Waals surface area contributed by atoms with Crippen LogP contribution < -0.4 is 17.0 Å². The van der Waals surface area contributed by atoms with Crippen LogP contribution in [0, 0.1) is 11.8 Å². The molecule has 4 unspecified atom stereocenters. The first-order chi connectivity index (χ1) is 20.1. The Morgan fingerprint density at radius 2 is 2.05 bits per heavy atom. The third kappa shape index (κ3) is 6.29. The number of nitrogens with one attached hydrogen (secondary N) is 1. The molecular weight excluding hydrogens is 597 g/mol. The highest BCUT2D eigenvalue weighted by molar-refractivity contribution is 8.44. The lowest BCUT2D eigenvalue weighted by Gasteiger charge is -2.26. The molecule has 5 heterocycles. The molecule has 5 N–H and O–H groups in total. The van der Waals surface area contributed by atoms with Crippen molar-refractivity contribution in [1.29, 1.82) is 0 Å². The number of aromatic nitrogens is 6. The number of aliphatic hydroxyl groups is 2. The van der Waals surface area contributed by atoms with Gasteiger partial charge in [0.1, 0.15) is 49.1 Å². The number of imidazole rings is 1. The predicted octanol–water partition coefficient (Wildman–Crippen LogP) is -0.655. The number of nitrogens with two attached hydrogens (primary N) is 1. The molecule has 19 heteroatoms. The normalized spacial score (nSPS) is 28.9. The number of ether oxygens (including phenoxy) is 3. The Morgan fingerprint density at radius 1 is 1.24 bits per heavy atom. The number of aliphatic hydroxyl groups excluding tert-OH is 2. The van der Waals surface area contributed by atoms with Crippen molar-refractivity contribution in [3.05, 3.63) is 45.8 Å². The fraction of sp³-hybridized carbons (Fsp3) is 0.522. The number of nitrogens with zero attached hydrogens (tertiary/aromatic N) is 5. The maximum Gasteiger partial charge on any atom is 0.386 e. The lowest BCUT2D eigenvalue weighted by molar-refractivity contribution is -0.0677. The first-order valence-electron chi connectivity index (χ1n) is 12.6. The number of thiol groups is 1. The smallest absolute Gasteiger partial charge is 0.386 e. The van der Waals surface area contributed by atoms with Crippen LogP contribution in [-0.2, 0) is 27.8 Å². The van der Waals surface area contributed by atoms with Crippen molar-refractivity contribution in [3.63, 3.8) is 0 Å². The Kier molecular flexibility index (Phi) is 9.13. The molecule has 0 bridgehead atoms. The molecule has 0 radical (unpaired) electrons. The summed E-state index contributed by atoms with van der Waals surface area (Å²) in [5.41, 5.74) is 5.21. The van der Waals surface area contributed by atoms with Gasteiger partial charge in [-0.25, -0.2) is 24.3 Å². The largest absolute Gasteiger partial charge is 0.394 e. The lowest BCUT2D eigenvalue weighted by atomic mass is 10.1. The average Bonchev–Trinajstić information content (AvgIpc) is 3.63. The van der Waals surface area contributed by atoms with Crippen LogP contribution in [0.3, 0.4) is 0 Å². The topological polar surface area (TPSA) is 228 Å². The van der Waals surface area contributed by atoms with Crippen LogP contribution in [0.15, 0.2) is 34.5 Å². The van der Waals surface area contributed by atoms with Crippen LogP contribution in [0.25, 0.3) is 11.2 Å². The quantitative estimate of drug-likeness (QED) is 0.107. The molecule has 17 nitrogen and oxygen atoms in total. The van der Waals surface area contributed by atoms with Crippen LogP contribution in [0.1, 0.15) is 25.8 Å². The Balaban J connectivity index is 1.29. The number of hydrogen-bond acceptors (Lipinski definition) is 14. The van der Waals surface area contributed by atoms with E-state index in [1.54, 1.807) is 11.5 Å². The molecule has 2 saturated heterocycles. The van der Waals surface area contributed by atoms with Crippen molar-refractivity contribution in [2.24, 2.45) is 0 Å². The van der Waals surface area contributed by atoms with Gasteiger partial charge >= 0.3 is 12.5 Å². The summed E-state index contributed by atoms with van der Waals surface area (Å²) in [4.78, 5) is 38.4. The number of aromatic amines is 1. The molecule has 2 fully saturated rings. The van der Waals surface area contributed by atoms with Gasteiger partial charge in [0.15, 0.2) is 17.7 Å². The summed E-state index contributed by atoms with van der Waals surface area (Å²) in [6.07, 6.45) is -3.21. The number of hydrogen-bond donors (Lipinski definition) is 5. The average molecular weight is 626 g/mol. The molecule has 226 valence electrons. The number of rotatable bonds is 10.